The second-order valence-electron chi connectivity index (χ2n) is 6.77. The molecule has 0 saturated heterocycles. The lowest BCUT2D eigenvalue weighted by molar-refractivity contribution is -0.112. The molecule has 0 aliphatic heterocycles. The fourth-order valence-electron chi connectivity index (χ4n) is 2.90. The predicted octanol–water partition coefficient (Wildman–Crippen LogP) is 3.20. The van der Waals surface area contributed by atoms with E-state index in [2.05, 4.69) is 15.5 Å². The molecule has 1 N–H and O–H groups in total. The van der Waals surface area contributed by atoms with E-state index in [1.54, 1.807) is 0 Å². The van der Waals surface area contributed by atoms with E-state index in [-0.39, 0.29) is 15.0 Å². The molecule has 0 saturated carbocycles. The summed E-state index contributed by atoms with van der Waals surface area (Å²) >= 11 is 0.728. The van der Waals surface area contributed by atoms with Crippen molar-refractivity contribution in [3.05, 3.63) is 58.4 Å². The Hall–Kier alpha value is -3.29. The molecule has 0 unspecified atom stereocenters. The number of sulfone groups is 1. The Morgan fingerprint density at radius 3 is 2.43 bits per heavy atom. The average Bonchev–Trinajstić information content (AvgIpc) is 3.25. The van der Waals surface area contributed by atoms with E-state index in [4.69, 9.17) is 0 Å². The number of benzene rings is 1. The quantitative estimate of drug-likeness (QED) is 0.369. The van der Waals surface area contributed by atoms with Crippen molar-refractivity contribution in [2.24, 2.45) is 0 Å². The first-order valence-corrected chi connectivity index (χ1v) is 11.5. The van der Waals surface area contributed by atoms with Gasteiger partial charge in [0, 0.05) is 23.3 Å². The van der Waals surface area contributed by atoms with Crippen LogP contribution in [0.4, 0.5) is 5.13 Å². The highest BCUT2D eigenvalue weighted by Crippen LogP contribution is 2.24. The molecule has 154 valence electrons. The van der Waals surface area contributed by atoms with Crippen LogP contribution in [0.1, 0.15) is 22.5 Å². The summed E-state index contributed by atoms with van der Waals surface area (Å²) in [6.07, 6.45) is 2.50. The zero-order valence-electron chi connectivity index (χ0n) is 16.8. The van der Waals surface area contributed by atoms with E-state index in [9.17, 15) is 18.5 Å². The standard InChI is InChI=1S/C20H19N5O3S2/c1-12-5-7-17(8-6-12)25-13(2)9-15(14(25)3)10-16(11-21)18(26)22-19-23-24-20(29-19)30(4,27)28/h5-10H,1-4H3,(H,22,23,26)/b16-10-. The lowest BCUT2D eigenvalue weighted by atomic mass is 10.1. The molecule has 3 rings (SSSR count). The van der Waals surface area contributed by atoms with E-state index in [0.717, 1.165) is 45.8 Å². The maximum Gasteiger partial charge on any atom is 0.268 e. The van der Waals surface area contributed by atoms with Gasteiger partial charge in [0.1, 0.15) is 11.6 Å². The summed E-state index contributed by atoms with van der Waals surface area (Å²) in [7, 11) is -3.52. The number of nitrogens with one attached hydrogen (secondary N) is 1. The second kappa shape index (κ2) is 8.22. The number of anilines is 1. The third-order valence-corrected chi connectivity index (χ3v) is 6.88. The number of hydrogen-bond acceptors (Lipinski definition) is 7. The lowest BCUT2D eigenvalue weighted by Crippen LogP contribution is -2.13. The minimum absolute atomic E-state index is 0.00621. The summed E-state index contributed by atoms with van der Waals surface area (Å²) in [5.41, 5.74) is 4.58. The molecule has 10 heteroatoms. The van der Waals surface area contributed by atoms with Gasteiger partial charge in [-0.05, 0) is 50.6 Å². The molecule has 1 amide bonds. The largest absolute Gasteiger partial charge is 0.318 e. The van der Waals surface area contributed by atoms with Gasteiger partial charge in [-0.15, -0.1) is 10.2 Å². The normalized spacial score (nSPS) is 11.9. The van der Waals surface area contributed by atoms with Crippen molar-refractivity contribution in [1.29, 1.82) is 5.26 Å². The molecular weight excluding hydrogens is 422 g/mol. The Kier molecular flexibility index (Phi) is 5.87. The third-order valence-electron chi connectivity index (χ3n) is 4.37. The van der Waals surface area contributed by atoms with Crippen LogP contribution in [0.25, 0.3) is 11.8 Å². The van der Waals surface area contributed by atoms with Crippen LogP contribution in [-0.2, 0) is 14.6 Å². The molecule has 0 aliphatic carbocycles. The highest BCUT2D eigenvalue weighted by atomic mass is 32.2. The van der Waals surface area contributed by atoms with E-state index in [1.165, 1.54) is 6.08 Å². The zero-order chi connectivity index (χ0) is 22.1. The van der Waals surface area contributed by atoms with Gasteiger partial charge in [-0.25, -0.2) is 8.42 Å². The Morgan fingerprint density at radius 2 is 1.87 bits per heavy atom. The monoisotopic (exact) mass is 441 g/mol. The molecule has 0 atom stereocenters. The Bertz CT molecular complexity index is 1290. The molecule has 0 spiro atoms. The molecule has 0 aliphatic rings. The maximum absolute atomic E-state index is 12.5. The Morgan fingerprint density at radius 1 is 1.20 bits per heavy atom. The van der Waals surface area contributed by atoms with Gasteiger partial charge >= 0.3 is 0 Å². The first-order chi connectivity index (χ1) is 14.1. The Labute approximate surface area is 178 Å². The second-order valence-corrected chi connectivity index (χ2v) is 9.93. The lowest BCUT2D eigenvalue weighted by Gasteiger charge is -2.10. The molecule has 0 bridgehead atoms. The number of aromatic nitrogens is 3. The first-order valence-electron chi connectivity index (χ1n) is 8.83. The van der Waals surface area contributed by atoms with Gasteiger partial charge in [0.2, 0.25) is 19.3 Å². The molecular formula is C20H19N5O3S2. The first kappa shape index (κ1) is 21.4. The Balaban J connectivity index is 1.90. The minimum Gasteiger partial charge on any atom is -0.318 e. The fourth-order valence-corrected chi connectivity index (χ4v) is 4.41. The highest BCUT2D eigenvalue weighted by molar-refractivity contribution is 7.92. The van der Waals surface area contributed by atoms with Crippen molar-refractivity contribution in [1.82, 2.24) is 14.8 Å². The number of carbonyl (C=O) groups is 1. The van der Waals surface area contributed by atoms with Gasteiger partial charge in [-0.3, -0.25) is 10.1 Å². The van der Waals surface area contributed by atoms with Crippen molar-refractivity contribution >= 4 is 38.3 Å². The zero-order valence-corrected chi connectivity index (χ0v) is 18.4. The van der Waals surface area contributed by atoms with Crippen molar-refractivity contribution in [2.45, 2.75) is 25.1 Å². The van der Waals surface area contributed by atoms with Gasteiger partial charge in [0.05, 0.1) is 0 Å². The number of nitrogens with zero attached hydrogens (tertiary/aromatic N) is 4. The molecule has 8 nitrogen and oxygen atoms in total. The van der Waals surface area contributed by atoms with Crippen LogP contribution in [0.2, 0.25) is 0 Å². The molecule has 30 heavy (non-hydrogen) atoms. The van der Waals surface area contributed by atoms with Crippen LogP contribution in [0.15, 0.2) is 40.2 Å². The van der Waals surface area contributed by atoms with E-state index < -0.39 is 15.7 Å². The summed E-state index contributed by atoms with van der Waals surface area (Å²) in [6, 6.07) is 11.8. The fraction of sp³-hybridized carbons (Fsp3) is 0.200. The van der Waals surface area contributed by atoms with Gasteiger partial charge < -0.3 is 4.57 Å². The molecule has 3 aromatic rings. The molecule has 0 fully saturated rings. The summed E-state index contributed by atoms with van der Waals surface area (Å²) in [5.74, 6) is -0.686. The third kappa shape index (κ3) is 4.48. The van der Waals surface area contributed by atoms with Crippen LogP contribution in [0.5, 0.6) is 0 Å². The van der Waals surface area contributed by atoms with Gasteiger partial charge in [0.15, 0.2) is 0 Å². The number of nitriles is 1. The molecule has 1 aromatic carbocycles. The number of carbonyl (C=O) groups excluding carboxylic acids is 1. The molecule has 2 heterocycles. The highest BCUT2D eigenvalue weighted by Gasteiger charge is 2.18. The number of amides is 1. The number of rotatable bonds is 5. The summed E-state index contributed by atoms with van der Waals surface area (Å²) in [6.45, 7) is 5.88. The topological polar surface area (TPSA) is 118 Å². The van der Waals surface area contributed by atoms with Gasteiger partial charge in [-0.1, -0.05) is 29.0 Å². The SMILES string of the molecule is Cc1ccc(-n2c(C)cc(/C=C(/C#N)C(=O)Nc3nnc(S(C)(=O)=O)s3)c2C)cc1. The predicted molar refractivity (Wildman–Crippen MR) is 115 cm³/mol. The smallest absolute Gasteiger partial charge is 0.268 e. The van der Waals surface area contributed by atoms with Crippen LogP contribution in [0.3, 0.4) is 0 Å². The van der Waals surface area contributed by atoms with Gasteiger partial charge in [0.25, 0.3) is 5.91 Å². The summed E-state index contributed by atoms with van der Waals surface area (Å²) in [5, 5.41) is 19.1. The minimum atomic E-state index is -3.52. The number of hydrogen-bond donors (Lipinski definition) is 1. The van der Waals surface area contributed by atoms with Crippen LogP contribution >= 0.6 is 11.3 Å². The van der Waals surface area contributed by atoms with Crippen LogP contribution < -0.4 is 5.32 Å². The molecule has 0 radical (unpaired) electrons. The van der Waals surface area contributed by atoms with E-state index >= 15 is 0 Å². The summed E-state index contributed by atoms with van der Waals surface area (Å²) in [4.78, 5) is 12.5. The molecule has 2 aromatic heterocycles. The van der Waals surface area contributed by atoms with Crippen molar-refractivity contribution < 1.29 is 13.2 Å². The van der Waals surface area contributed by atoms with Crippen LogP contribution in [-0.4, -0.2) is 35.3 Å². The van der Waals surface area contributed by atoms with E-state index in [0.29, 0.717) is 0 Å². The summed E-state index contributed by atoms with van der Waals surface area (Å²) < 4.78 is 24.8. The maximum atomic E-state index is 12.5. The van der Waals surface area contributed by atoms with Crippen LogP contribution in [0, 0.1) is 32.1 Å². The number of aryl methyl sites for hydroxylation is 2. The van der Waals surface area contributed by atoms with E-state index in [1.807, 2.05) is 61.7 Å². The van der Waals surface area contributed by atoms with Crippen molar-refractivity contribution in [3.8, 4) is 11.8 Å². The average molecular weight is 442 g/mol. The van der Waals surface area contributed by atoms with Gasteiger partial charge in [-0.2, -0.15) is 5.26 Å². The van der Waals surface area contributed by atoms with Crippen molar-refractivity contribution in [3.63, 3.8) is 0 Å². The van der Waals surface area contributed by atoms with Crippen molar-refractivity contribution in [2.75, 3.05) is 11.6 Å².